The van der Waals surface area contributed by atoms with Crippen LogP contribution in [0.5, 0.6) is 5.75 Å². The van der Waals surface area contributed by atoms with E-state index in [0.717, 1.165) is 10.0 Å². The standard InChI is InChI=1S/C21H20BrNO4/c1-3-10-23-18(13-4-7-15(24)8-5-13)17(20(26)21(23)27)19(25)14-6-9-16(22)12(2)11-14/h4-9,11,18,24-25H,3,10H2,1-2H3/b19-17-. The first-order chi connectivity index (χ1) is 12.8. The number of amides is 1. The Kier molecular flexibility index (Phi) is 5.37. The zero-order valence-corrected chi connectivity index (χ0v) is 16.7. The summed E-state index contributed by atoms with van der Waals surface area (Å²) in [6.45, 7) is 4.20. The van der Waals surface area contributed by atoms with E-state index in [9.17, 15) is 19.8 Å². The Morgan fingerprint density at radius 2 is 1.81 bits per heavy atom. The Hall–Kier alpha value is -2.60. The molecule has 0 bridgehead atoms. The van der Waals surface area contributed by atoms with E-state index >= 15 is 0 Å². The van der Waals surface area contributed by atoms with Crippen molar-refractivity contribution in [2.24, 2.45) is 0 Å². The van der Waals surface area contributed by atoms with Crippen LogP contribution in [0.4, 0.5) is 0 Å². The van der Waals surface area contributed by atoms with Gasteiger partial charge in [-0.2, -0.15) is 0 Å². The highest BCUT2D eigenvalue weighted by atomic mass is 79.9. The molecule has 3 rings (SSSR count). The van der Waals surface area contributed by atoms with Crippen LogP contribution in [0, 0.1) is 6.92 Å². The minimum absolute atomic E-state index is 0.0702. The summed E-state index contributed by atoms with van der Waals surface area (Å²) in [6, 6.07) is 10.9. The van der Waals surface area contributed by atoms with Gasteiger partial charge in [0.05, 0.1) is 11.6 Å². The van der Waals surface area contributed by atoms with E-state index in [1.807, 2.05) is 13.8 Å². The van der Waals surface area contributed by atoms with Crippen LogP contribution in [0.3, 0.4) is 0 Å². The van der Waals surface area contributed by atoms with Crippen LogP contribution in [0.2, 0.25) is 0 Å². The summed E-state index contributed by atoms with van der Waals surface area (Å²) in [5, 5.41) is 20.5. The van der Waals surface area contributed by atoms with E-state index in [-0.39, 0.29) is 17.1 Å². The molecule has 5 nitrogen and oxygen atoms in total. The molecule has 27 heavy (non-hydrogen) atoms. The Morgan fingerprint density at radius 3 is 2.41 bits per heavy atom. The number of aromatic hydroxyl groups is 1. The first kappa shape index (κ1) is 19.2. The number of ketones is 1. The highest BCUT2D eigenvalue weighted by Crippen LogP contribution is 2.40. The summed E-state index contributed by atoms with van der Waals surface area (Å²) in [6.07, 6.45) is 0.680. The van der Waals surface area contributed by atoms with E-state index < -0.39 is 17.7 Å². The number of halogens is 1. The third-order valence-corrected chi connectivity index (χ3v) is 5.53. The van der Waals surface area contributed by atoms with Gasteiger partial charge in [0.25, 0.3) is 11.7 Å². The van der Waals surface area contributed by atoms with Gasteiger partial charge in [-0.05, 0) is 48.7 Å². The number of likely N-dealkylation sites (tertiary alicyclic amines) is 1. The van der Waals surface area contributed by atoms with Gasteiger partial charge in [-0.15, -0.1) is 0 Å². The van der Waals surface area contributed by atoms with Gasteiger partial charge in [-0.3, -0.25) is 9.59 Å². The second kappa shape index (κ2) is 7.56. The van der Waals surface area contributed by atoms with Crippen molar-refractivity contribution >= 4 is 33.4 Å². The molecule has 1 heterocycles. The molecule has 1 unspecified atom stereocenters. The van der Waals surface area contributed by atoms with Crippen LogP contribution in [-0.4, -0.2) is 33.3 Å². The number of aliphatic hydroxyl groups is 1. The van der Waals surface area contributed by atoms with Gasteiger partial charge in [0, 0.05) is 16.6 Å². The second-order valence-electron chi connectivity index (χ2n) is 6.55. The summed E-state index contributed by atoms with van der Waals surface area (Å²) in [5.74, 6) is -1.42. The number of nitrogens with zero attached hydrogens (tertiary/aromatic N) is 1. The van der Waals surface area contributed by atoms with Crippen LogP contribution in [0.15, 0.2) is 52.5 Å². The zero-order valence-electron chi connectivity index (χ0n) is 15.1. The largest absolute Gasteiger partial charge is 0.508 e. The van der Waals surface area contributed by atoms with Crippen molar-refractivity contribution in [3.63, 3.8) is 0 Å². The first-order valence-electron chi connectivity index (χ1n) is 8.69. The lowest BCUT2D eigenvalue weighted by Crippen LogP contribution is -2.30. The number of hydrogen-bond donors (Lipinski definition) is 2. The van der Waals surface area contributed by atoms with Gasteiger partial charge in [0.1, 0.15) is 11.5 Å². The normalized spacial score (nSPS) is 18.9. The lowest BCUT2D eigenvalue weighted by molar-refractivity contribution is -0.139. The van der Waals surface area contributed by atoms with Crippen LogP contribution in [-0.2, 0) is 9.59 Å². The van der Waals surface area contributed by atoms with Gasteiger partial charge >= 0.3 is 0 Å². The van der Waals surface area contributed by atoms with E-state index in [1.165, 1.54) is 17.0 Å². The molecule has 1 saturated heterocycles. The van der Waals surface area contributed by atoms with Gasteiger partial charge in [0.2, 0.25) is 0 Å². The minimum atomic E-state index is -0.695. The van der Waals surface area contributed by atoms with Crippen LogP contribution in [0.1, 0.15) is 36.1 Å². The molecule has 2 aromatic carbocycles. The van der Waals surface area contributed by atoms with Crippen molar-refractivity contribution in [3.05, 3.63) is 69.2 Å². The highest BCUT2D eigenvalue weighted by molar-refractivity contribution is 9.10. The molecular weight excluding hydrogens is 410 g/mol. The number of benzene rings is 2. The van der Waals surface area contributed by atoms with Crippen LogP contribution < -0.4 is 0 Å². The van der Waals surface area contributed by atoms with Crippen molar-refractivity contribution in [3.8, 4) is 5.75 Å². The quantitative estimate of drug-likeness (QED) is 0.431. The number of phenols is 1. The molecule has 1 aliphatic heterocycles. The predicted molar refractivity (Wildman–Crippen MR) is 106 cm³/mol. The van der Waals surface area contributed by atoms with Crippen LogP contribution in [0.25, 0.3) is 5.76 Å². The Balaban J connectivity index is 2.19. The van der Waals surface area contributed by atoms with Crippen molar-refractivity contribution < 1.29 is 19.8 Å². The number of hydrogen-bond acceptors (Lipinski definition) is 4. The average Bonchev–Trinajstić information content (AvgIpc) is 2.89. The Labute approximate surface area is 166 Å². The number of carbonyl (C=O) groups is 2. The molecule has 0 aromatic heterocycles. The molecule has 6 heteroatoms. The summed E-state index contributed by atoms with van der Waals surface area (Å²) in [5.41, 5.74) is 2.12. The van der Waals surface area contributed by atoms with E-state index in [4.69, 9.17) is 0 Å². The van der Waals surface area contributed by atoms with Crippen molar-refractivity contribution in [2.75, 3.05) is 6.54 Å². The van der Waals surface area contributed by atoms with Gasteiger partial charge < -0.3 is 15.1 Å². The molecule has 0 aliphatic carbocycles. The number of aryl methyl sites for hydroxylation is 1. The summed E-state index contributed by atoms with van der Waals surface area (Å²) >= 11 is 3.42. The maximum atomic E-state index is 12.7. The van der Waals surface area contributed by atoms with E-state index in [0.29, 0.717) is 24.1 Å². The van der Waals surface area contributed by atoms with Crippen molar-refractivity contribution in [1.82, 2.24) is 4.90 Å². The number of rotatable bonds is 4. The molecular formula is C21H20BrNO4. The second-order valence-corrected chi connectivity index (χ2v) is 7.40. The highest BCUT2D eigenvalue weighted by Gasteiger charge is 2.45. The molecule has 1 aliphatic rings. The third kappa shape index (κ3) is 3.49. The van der Waals surface area contributed by atoms with Crippen molar-refractivity contribution in [2.45, 2.75) is 26.3 Å². The lowest BCUT2D eigenvalue weighted by atomic mass is 9.95. The molecule has 140 valence electrons. The molecule has 1 fully saturated rings. The van der Waals surface area contributed by atoms with Crippen LogP contribution >= 0.6 is 15.9 Å². The molecule has 2 aromatic rings. The monoisotopic (exact) mass is 429 g/mol. The van der Waals surface area contributed by atoms with E-state index in [1.54, 1.807) is 30.3 Å². The topological polar surface area (TPSA) is 77.8 Å². The third-order valence-electron chi connectivity index (χ3n) is 4.64. The minimum Gasteiger partial charge on any atom is -0.508 e. The maximum Gasteiger partial charge on any atom is 0.295 e. The molecule has 0 radical (unpaired) electrons. The summed E-state index contributed by atoms with van der Waals surface area (Å²) < 4.78 is 0.889. The molecule has 1 amide bonds. The summed E-state index contributed by atoms with van der Waals surface area (Å²) in [7, 11) is 0. The van der Waals surface area contributed by atoms with Gasteiger partial charge in [-0.1, -0.05) is 41.1 Å². The van der Waals surface area contributed by atoms with Crippen molar-refractivity contribution in [1.29, 1.82) is 0 Å². The fourth-order valence-electron chi connectivity index (χ4n) is 3.30. The lowest BCUT2D eigenvalue weighted by Gasteiger charge is -2.25. The SMILES string of the molecule is CCCN1C(=O)C(=O)/C(=C(\O)c2ccc(Br)c(C)c2)C1c1ccc(O)cc1. The number of Topliss-reactive ketones (excluding diaryl/α,β-unsaturated/α-hetero) is 1. The molecule has 2 N–H and O–H groups in total. The number of phenolic OH excluding ortho intramolecular Hbond substituents is 1. The van der Waals surface area contributed by atoms with E-state index in [2.05, 4.69) is 15.9 Å². The Bertz CT molecular complexity index is 934. The average molecular weight is 430 g/mol. The number of carbonyl (C=O) groups excluding carboxylic acids is 2. The zero-order chi connectivity index (χ0) is 19.7. The van der Waals surface area contributed by atoms with Gasteiger partial charge in [0.15, 0.2) is 0 Å². The molecule has 0 saturated carbocycles. The molecule has 1 atom stereocenters. The molecule has 0 spiro atoms. The number of aliphatic hydroxyl groups excluding tert-OH is 1. The van der Waals surface area contributed by atoms with Gasteiger partial charge in [-0.25, -0.2) is 0 Å². The first-order valence-corrected chi connectivity index (χ1v) is 9.48. The smallest absolute Gasteiger partial charge is 0.295 e. The fraction of sp³-hybridized carbons (Fsp3) is 0.238. The fourth-order valence-corrected chi connectivity index (χ4v) is 3.55. The predicted octanol–water partition coefficient (Wildman–Crippen LogP) is 4.29. The maximum absolute atomic E-state index is 12.7. The Morgan fingerprint density at radius 1 is 1.15 bits per heavy atom. The summed E-state index contributed by atoms with van der Waals surface area (Å²) in [4.78, 5) is 26.8.